The zero-order chi connectivity index (χ0) is 27.3. The first kappa shape index (κ1) is 28.4. The third-order valence-electron chi connectivity index (χ3n) is 7.49. The number of sulfonamides is 1. The van der Waals surface area contributed by atoms with Gasteiger partial charge in [0, 0.05) is 44.5 Å². The van der Waals surface area contributed by atoms with Crippen LogP contribution in [0, 0.1) is 6.92 Å². The van der Waals surface area contributed by atoms with Gasteiger partial charge in [-0.1, -0.05) is 12.1 Å². The van der Waals surface area contributed by atoms with Gasteiger partial charge >= 0.3 is 0 Å². The maximum atomic E-state index is 13.1. The second kappa shape index (κ2) is 12.5. The van der Waals surface area contributed by atoms with Crippen molar-refractivity contribution in [2.75, 3.05) is 65.5 Å². The first-order valence-electron chi connectivity index (χ1n) is 13.2. The highest BCUT2D eigenvalue weighted by Gasteiger charge is 2.33. The number of methoxy groups -OCH3 is 1. The van der Waals surface area contributed by atoms with E-state index in [9.17, 15) is 13.2 Å². The Morgan fingerprint density at radius 2 is 1.82 bits per heavy atom. The van der Waals surface area contributed by atoms with Gasteiger partial charge in [-0.15, -0.1) is 0 Å². The van der Waals surface area contributed by atoms with Gasteiger partial charge in [-0.25, -0.2) is 8.42 Å². The lowest BCUT2D eigenvalue weighted by Gasteiger charge is -2.36. The molecule has 0 spiro atoms. The monoisotopic (exact) mass is 544 g/mol. The molecule has 4 rings (SSSR count). The number of aryl methyl sites for hydroxylation is 1. The number of nitrogens with one attached hydrogen (secondary N) is 1. The Balaban J connectivity index is 1.18. The van der Waals surface area contributed by atoms with Gasteiger partial charge in [0.05, 0.1) is 18.6 Å². The predicted molar refractivity (Wildman–Crippen MR) is 148 cm³/mol. The number of rotatable bonds is 10. The van der Waals surface area contributed by atoms with Crippen LogP contribution >= 0.6 is 0 Å². The van der Waals surface area contributed by atoms with Crippen molar-refractivity contribution < 1.29 is 22.7 Å². The molecule has 2 aliphatic heterocycles. The third-order valence-corrected chi connectivity index (χ3v) is 9.64. The van der Waals surface area contributed by atoms with Crippen molar-refractivity contribution in [2.45, 2.75) is 43.7 Å². The highest BCUT2D eigenvalue weighted by molar-refractivity contribution is 7.89. The van der Waals surface area contributed by atoms with Crippen LogP contribution in [0.1, 0.15) is 29.5 Å². The molecule has 0 radical (unpaired) electrons. The summed E-state index contributed by atoms with van der Waals surface area (Å²) in [5, 5.41) is 2.88. The standard InChI is InChI=1S/C28H40N4O5S/c1-21-17-26(36-4)18-23-9-14-32(38(34,35)28(21)23)15-16-37-20-27(33)29-19-22-5-7-25(8-6-22)31-12-10-24(11-13-31)30(2)3/h5-8,17-18,24H,9-16,19-20H2,1-4H3,(H,29,33). The van der Waals surface area contributed by atoms with E-state index in [4.69, 9.17) is 9.47 Å². The molecule has 0 aromatic heterocycles. The smallest absolute Gasteiger partial charge is 0.246 e. The lowest BCUT2D eigenvalue weighted by Crippen LogP contribution is -2.41. The minimum absolute atomic E-state index is 0.112. The largest absolute Gasteiger partial charge is 0.497 e. The number of fused-ring (bicyclic) bond motifs is 1. The number of hydrogen-bond donors (Lipinski definition) is 1. The SMILES string of the molecule is COc1cc(C)c2c(c1)CCN(CCOCC(=O)NCc1ccc(N3CCC(N(C)C)CC3)cc1)S2(=O)=O. The third kappa shape index (κ3) is 6.66. The van der Waals surface area contributed by atoms with E-state index in [1.54, 1.807) is 26.2 Å². The van der Waals surface area contributed by atoms with Crippen LogP contribution < -0.4 is 15.0 Å². The van der Waals surface area contributed by atoms with Gasteiger partial charge in [-0.3, -0.25) is 4.79 Å². The summed E-state index contributed by atoms with van der Waals surface area (Å²) in [5.41, 5.74) is 3.69. The van der Waals surface area contributed by atoms with E-state index in [1.165, 1.54) is 9.99 Å². The Bertz CT molecular complexity index is 1210. The zero-order valence-corrected chi connectivity index (χ0v) is 23.7. The number of ether oxygens (including phenoxy) is 2. The fourth-order valence-corrected chi connectivity index (χ4v) is 7.12. The highest BCUT2D eigenvalue weighted by atomic mass is 32.2. The van der Waals surface area contributed by atoms with Crippen molar-refractivity contribution in [2.24, 2.45) is 0 Å². The van der Waals surface area contributed by atoms with Crippen molar-refractivity contribution in [3.05, 3.63) is 53.1 Å². The summed E-state index contributed by atoms with van der Waals surface area (Å²) in [6.45, 7) is 4.92. The van der Waals surface area contributed by atoms with Crippen LogP contribution in [0.2, 0.25) is 0 Å². The second-order valence-corrected chi connectivity index (χ2v) is 12.1. The normalized spacial score (nSPS) is 17.9. The molecule has 1 amide bonds. The molecule has 208 valence electrons. The number of piperidine rings is 1. The van der Waals surface area contributed by atoms with E-state index < -0.39 is 10.0 Å². The van der Waals surface area contributed by atoms with Crippen LogP contribution in [0.4, 0.5) is 5.69 Å². The van der Waals surface area contributed by atoms with Crippen LogP contribution in [-0.2, 0) is 32.5 Å². The van der Waals surface area contributed by atoms with Gasteiger partial charge in [0.15, 0.2) is 0 Å². The minimum Gasteiger partial charge on any atom is -0.497 e. The summed E-state index contributed by atoms with van der Waals surface area (Å²) in [6.07, 6.45) is 2.94. The quantitative estimate of drug-likeness (QED) is 0.460. The molecule has 2 aliphatic rings. The topological polar surface area (TPSA) is 91.4 Å². The molecule has 0 saturated carbocycles. The number of benzene rings is 2. The maximum absolute atomic E-state index is 13.1. The Morgan fingerprint density at radius 3 is 2.47 bits per heavy atom. The molecule has 0 bridgehead atoms. The summed E-state index contributed by atoms with van der Waals surface area (Å²) in [7, 11) is 2.25. The van der Waals surface area contributed by atoms with Crippen molar-refractivity contribution >= 4 is 21.6 Å². The summed E-state index contributed by atoms with van der Waals surface area (Å²) in [4.78, 5) is 17.3. The molecule has 1 fully saturated rings. The van der Waals surface area contributed by atoms with Crippen LogP contribution in [0.15, 0.2) is 41.3 Å². The first-order valence-corrected chi connectivity index (χ1v) is 14.7. The van der Waals surface area contributed by atoms with E-state index >= 15 is 0 Å². The van der Waals surface area contributed by atoms with E-state index in [0.29, 0.717) is 41.8 Å². The summed E-state index contributed by atoms with van der Waals surface area (Å²) in [5.74, 6) is 0.435. The fourth-order valence-electron chi connectivity index (χ4n) is 5.26. The molecule has 1 N–H and O–H groups in total. The van der Waals surface area contributed by atoms with Crippen molar-refractivity contribution in [1.82, 2.24) is 14.5 Å². The predicted octanol–water partition coefficient (Wildman–Crippen LogP) is 2.41. The maximum Gasteiger partial charge on any atom is 0.246 e. The van der Waals surface area contributed by atoms with Crippen molar-refractivity contribution in [1.29, 1.82) is 0 Å². The van der Waals surface area contributed by atoms with Crippen molar-refractivity contribution in [3.8, 4) is 5.75 Å². The molecule has 1 saturated heterocycles. The average Bonchev–Trinajstić information content (AvgIpc) is 2.90. The van der Waals surface area contributed by atoms with Gasteiger partial charge < -0.3 is 24.6 Å². The number of hydrogen-bond acceptors (Lipinski definition) is 7. The van der Waals surface area contributed by atoms with Gasteiger partial charge in [0.1, 0.15) is 12.4 Å². The Kier molecular flexibility index (Phi) is 9.30. The highest BCUT2D eigenvalue weighted by Crippen LogP contribution is 2.32. The average molecular weight is 545 g/mol. The van der Waals surface area contributed by atoms with Gasteiger partial charge in [0.2, 0.25) is 15.9 Å². The molecule has 2 aromatic carbocycles. The summed E-state index contributed by atoms with van der Waals surface area (Å²) < 4.78 is 38.5. The molecule has 38 heavy (non-hydrogen) atoms. The van der Waals surface area contributed by atoms with E-state index in [2.05, 4.69) is 41.3 Å². The molecule has 0 aliphatic carbocycles. The van der Waals surface area contributed by atoms with Crippen LogP contribution in [0.25, 0.3) is 0 Å². The van der Waals surface area contributed by atoms with Gasteiger partial charge in [0.25, 0.3) is 0 Å². The molecule has 0 unspecified atom stereocenters. The number of nitrogens with zero attached hydrogens (tertiary/aromatic N) is 3. The Morgan fingerprint density at radius 1 is 1.11 bits per heavy atom. The fraction of sp³-hybridized carbons (Fsp3) is 0.536. The zero-order valence-electron chi connectivity index (χ0n) is 22.9. The molecular formula is C28H40N4O5S. The lowest BCUT2D eigenvalue weighted by atomic mass is 10.0. The molecule has 2 heterocycles. The number of amides is 1. The molecule has 0 atom stereocenters. The van der Waals surface area contributed by atoms with E-state index in [0.717, 1.165) is 37.1 Å². The second-order valence-electron chi connectivity index (χ2n) is 10.3. The van der Waals surface area contributed by atoms with Crippen LogP contribution in [0.3, 0.4) is 0 Å². The molecule has 9 nitrogen and oxygen atoms in total. The van der Waals surface area contributed by atoms with E-state index in [-0.39, 0.29) is 25.7 Å². The summed E-state index contributed by atoms with van der Waals surface area (Å²) in [6, 6.07) is 12.5. The number of carbonyl (C=O) groups excluding carboxylic acids is 1. The summed E-state index contributed by atoms with van der Waals surface area (Å²) >= 11 is 0. The van der Waals surface area contributed by atoms with E-state index in [1.807, 2.05) is 12.1 Å². The number of carbonyl (C=O) groups is 1. The Hall–Kier alpha value is -2.66. The van der Waals surface area contributed by atoms with Crippen molar-refractivity contribution in [3.63, 3.8) is 0 Å². The lowest BCUT2D eigenvalue weighted by molar-refractivity contribution is -0.125. The van der Waals surface area contributed by atoms with Crippen LogP contribution in [-0.4, -0.2) is 90.2 Å². The number of anilines is 1. The van der Waals surface area contributed by atoms with Crippen LogP contribution in [0.5, 0.6) is 5.75 Å². The molecule has 2 aromatic rings. The van der Waals surface area contributed by atoms with Gasteiger partial charge in [-0.2, -0.15) is 4.31 Å². The Labute approximate surface area is 226 Å². The minimum atomic E-state index is -3.61. The first-order chi connectivity index (χ1) is 18.2. The molecular weight excluding hydrogens is 504 g/mol. The molecule has 10 heteroatoms. The van der Waals surface area contributed by atoms with Gasteiger partial charge in [-0.05, 0) is 81.2 Å².